The smallest absolute Gasteiger partial charge is 0.243 e. The van der Waals surface area contributed by atoms with Gasteiger partial charge in [0, 0.05) is 25.7 Å². The molecule has 0 spiro atoms. The maximum absolute atomic E-state index is 13.3. The lowest BCUT2D eigenvalue weighted by Gasteiger charge is -2.40. The minimum Gasteiger partial charge on any atom is -0.454 e. The first-order chi connectivity index (χ1) is 15.8. The summed E-state index contributed by atoms with van der Waals surface area (Å²) in [5.74, 6) is 1.71. The van der Waals surface area contributed by atoms with Crippen molar-refractivity contribution in [3.8, 4) is 11.5 Å². The van der Waals surface area contributed by atoms with Crippen LogP contribution in [0.25, 0.3) is 0 Å². The van der Waals surface area contributed by atoms with Gasteiger partial charge in [-0.1, -0.05) is 23.8 Å². The molecule has 1 saturated heterocycles. The summed E-state index contributed by atoms with van der Waals surface area (Å²) in [6.07, 6.45) is 0. The van der Waals surface area contributed by atoms with Gasteiger partial charge in [0.2, 0.25) is 10.0 Å². The van der Waals surface area contributed by atoms with Crippen molar-refractivity contribution in [3.63, 3.8) is 0 Å². The number of hydrogen-bond donors (Lipinski definition) is 0. The molecule has 0 saturated carbocycles. The van der Waals surface area contributed by atoms with E-state index in [9.17, 15) is 12.8 Å². The maximum Gasteiger partial charge on any atom is 0.243 e. The lowest BCUT2D eigenvalue weighted by atomic mass is 10.1. The Bertz CT molecular complexity index is 1340. The monoisotopic (exact) mass is 465 g/mol. The molecule has 0 aromatic heterocycles. The van der Waals surface area contributed by atoms with Crippen LogP contribution in [-0.4, -0.2) is 49.1 Å². The highest BCUT2D eigenvalue weighted by molar-refractivity contribution is 7.89. The molecular weight excluding hydrogens is 441 g/mol. The molecule has 170 valence electrons. The fourth-order valence-corrected chi connectivity index (χ4v) is 5.92. The Morgan fingerprint density at radius 1 is 1.00 bits per heavy atom. The Balaban J connectivity index is 1.48. The molecule has 2 heterocycles. The highest BCUT2D eigenvalue weighted by atomic mass is 32.2. The number of halogens is 1. The first-order valence-corrected chi connectivity index (χ1v) is 12.3. The number of fused-ring (bicyclic) bond motifs is 2. The second-order valence-corrected chi connectivity index (χ2v) is 10.3. The van der Waals surface area contributed by atoms with Crippen LogP contribution in [0.1, 0.15) is 18.1 Å². The lowest BCUT2D eigenvalue weighted by Crippen LogP contribution is -2.55. The van der Waals surface area contributed by atoms with Crippen LogP contribution in [0.15, 0.2) is 76.6 Å². The van der Waals surface area contributed by atoms with Crippen LogP contribution in [0.2, 0.25) is 0 Å². The molecule has 0 aliphatic carbocycles. The van der Waals surface area contributed by atoms with Gasteiger partial charge in [0.05, 0.1) is 10.5 Å². The Kier molecular flexibility index (Phi) is 5.42. The Morgan fingerprint density at radius 2 is 1.76 bits per heavy atom. The van der Waals surface area contributed by atoms with Crippen molar-refractivity contribution in [2.45, 2.75) is 24.8 Å². The summed E-state index contributed by atoms with van der Waals surface area (Å²) in [7, 11) is -3.73. The minimum absolute atomic E-state index is 0.0966. The number of benzene rings is 3. The van der Waals surface area contributed by atoms with Crippen LogP contribution >= 0.6 is 0 Å². The van der Waals surface area contributed by atoms with Crippen LogP contribution in [0.4, 0.5) is 10.1 Å². The van der Waals surface area contributed by atoms with E-state index in [4.69, 9.17) is 9.73 Å². The first kappa shape index (κ1) is 21.6. The zero-order chi connectivity index (χ0) is 23.2. The second-order valence-electron chi connectivity index (χ2n) is 8.37. The van der Waals surface area contributed by atoms with Crippen molar-refractivity contribution in [1.29, 1.82) is 0 Å². The van der Waals surface area contributed by atoms with Gasteiger partial charge in [-0.2, -0.15) is 4.31 Å². The second kappa shape index (κ2) is 8.28. The van der Waals surface area contributed by atoms with Gasteiger partial charge < -0.3 is 9.64 Å². The Hall–Kier alpha value is -3.23. The summed E-state index contributed by atoms with van der Waals surface area (Å²) in [6.45, 7) is 5.13. The summed E-state index contributed by atoms with van der Waals surface area (Å²) in [6, 6.07) is 18.3. The Morgan fingerprint density at radius 3 is 2.52 bits per heavy atom. The molecule has 3 aromatic carbocycles. The normalized spacial score (nSPS) is 18.6. The number of aryl methyl sites for hydroxylation is 1. The van der Waals surface area contributed by atoms with Crippen LogP contribution in [0, 0.1) is 12.7 Å². The fraction of sp³-hybridized carbons (Fsp3) is 0.240. The topological polar surface area (TPSA) is 62.2 Å². The highest BCUT2D eigenvalue weighted by Gasteiger charge is 2.36. The number of sulfonamides is 1. The molecule has 3 aromatic rings. The van der Waals surface area contributed by atoms with E-state index in [1.165, 1.54) is 28.6 Å². The van der Waals surface area contributed by atoms with Crippen LogP contribution < -0.4 is 4.74 Å². The van der Waals surface area contributed by atoms with E-state index < -0.39 is 15.8 Å². The molecule has 1 fully saturated rings. The number of hydrogen-bond acceptors (Lipinski definition) is 5. The molecule has 2 aliphatic rings. The minimum atomic E-state index is -3.73. The quantitative estimate of drug-likeness (QED) is 0.550. The van der Waals surface area contributed by atoms with Gasteiger partial charge in [-0.05, 0) is 62.4 Å². The standard InChI is InChI=1S/C25H24FN3O3S/c1-17-7-12-23-21(15-17)25(27-22-5-3-4-6-24(22)32-23)28-13-14-29(18(2)16-28)33(30,31)20-10-8-19(26)9-11-20/h3-12,15,18H,13-14,16H2,1-2H3. The van der Waals surface area contributed by atoms with Crippen molar-refractivity contribution in [2.24, 2.45) is 4.99 Å². The van der Waals surface area contributed by atoms with Gasteiger partial charge >= 0.3 is 0 Å². The van der Waals surface area contributed by atoms with Crippen molar-refractivity contribution in [2.75, 3.05) is 19.6 Å². The summed E-state index contributed by atoms with van der Waals surface area (Å²) in [5, 5.41) is 0. The summed E-state index contributed by atoms with van der Waals surface area (Å²) in [5.41, 5.74) is 2.70. The van der Waals surface area contributed by atoms with Gasteiger partial charge in [-0.3, -0.25) is 0 Å². The van der Waals surface area contributed by atoms with Gasteiger partial charge in [0.25, 0.3) is 0 Å². The molecule has 0 N–H and O–H groups in total. The van der Waals surface area contributed by atoms with Crippen molar-refractivity contribution >= 4 is 21.5 Å². The SMILES string of the molecule is Cc1ccc2c(c1)C(N1CCN(S(=O)(=O)c3ccc(F)cc3)C(C)C1)=Nc1ccccc1O2. The van der Waals surface area contributed by atoms with E-state index in [-0.39, 0.29) is 10.9 Å². The summed E-state index contributed by atoms with van der Waals surface area (Å²) in [4.78, 5) is 7.16. The number of para-hydroxylation sites is 2. The number of ether oxygens (including phenoxy) is 1. The molecule has 33 heavy (non-hydrogen) atoms. The van der Waals surface area contributed by atoms with Gasteiger partial charge in [-0.15, -0.1) is 0 Å². The number of amidine groups is 1. The van der Waals surface area contributed by atoms with Gasteiger partial charge in [-0.25, -0.2) is 17.8 Å². The molecule has 6 nitrogen and oxygen atoms in total. The Labute approximate surface area is 193 Å². The first-order valence-electron chi connectivity index (χ1n) is 10.8. The van der Waals surface area contributed by atoms with E-state index in [1.54, 1.807) is 0 Å². The predicted octanol–water partition coefficient (Wildman–Crippen LogP) is 4.71. The van der Waals surface area contributed by atoms with E-state index in [0.29, 0.717) is 25.4 Å². The molecule has 8 heteroatoms. The average molecular weight is 466 g/mol. The van der Waals surface area contributed by atoms with E-state index in [1.807, 2.05) is 56.3 Å². The third kappa shape index (κ3) is 4.00. The molecule has 5 rings (SSSR count). The molecule has 2 aliphatic heterocycles. The largest absolute Gasteiger partial charge is 0.454 e. The van der Waals surface area contributed by atoms with Crippen molar-refractivity contribution in [1.82, 2.24) is 9.21 Å². The average Bonchev–Trinajstić information content (AvgIpc) is 2.95. The van der Waals surface area contributed by atoms with E-state index in [0.717, 1.165) is 28.4 Å². The number of nitrogens with zero attached hydrogens (tertiary/aromatic N) is 3. The van der Waals surface area contributed by atoms with E-state index >= 15 is 0 Å². The third-order valence-electron chi connectivity index (χ3n) is 5.97. The number of rotatable bonds is 2. The molecular formula is C25H24FN3O3S. The van der Waals surface area contributed by atoms with Crippen LogP contribution in [-0.2, 0) is 10.0 Å². The summed E-state index contributed by atoms with van der Waals surface area (Å²) < 4.78 is 47.3. The predicted molar refractivity (Wildman–Crippen MR) is 125 cm³/mol. The van der Waals surface area contributed by atoms with E-state index in [2.05, 4.69) is 4.90 Å². The maximum atomic E-state index is 13.3. The third-order valence-corrected chi connectivity index (χ3v) is 8.00. The summed E-state index contributed by atoms with van der Waals surface area (Å²) >= 11 is 0. The number of piperazine rings is 1. The molecule has 0 radical (unpaired) electrons. The fourth-order valence-electron chi connectivity index (χ4n) is 4.31. The van der Waals surface area contributed by atoms with Crippen molar-refractivity contribution in [3.05, 3.63) is 83.7 Å². The van der Waals surface area contributed by atoms with Gasteiger partial charge in [0.1, 0.15) is 23.1 Å². The molecule has 0 amide bonds. The zero-order valence-electron chi connectivity index (χ0n) is 18.4. The van der Waals surface area contributed by atoms with Crippen molar-refractivity contribution < 1.29 is 17.5 Å². The number of aliphatic imine (C=N–C) groups is 1. The molecule has 0 bridgehead atoms. The molecule has 1 unspecified atom stereocenters. The zero-order valence-corrected chi connectivity index (χ0v) is 19.2. The van der Waals surface area contributed by atoms with Crippen LogP contribution in [0.5, 0.6) is 11.5 Å². The van der Waals surface area contributed by atoms with Gasteiger partial charge in [0.15, 0.2) is 5.75 Å². The lowest BCUT2D eigenvalue weighted by molar-refractivity contribution is 0.205. The molecule has 1 atom stereocenters. The highest BCUT2D eigenvalue weighted by Crippen LogP contribution is 2.38. The van der Waals surface area contributed by atoms with Crippen LogP contribution in [0.3, 0.4) is 0 Å².